The van der Waals surface area contributed by atoms with Crippen molar-refractivity contribution < 1.29 is 14.0 Å². The second-order valence-corrected chi connectivity index (χ2v) is 1.81. The zero-order valence-electron chi connectivity index (χ0n) is 6.13. The molecule has 2 amide bonds. The van der Waals surface area contributed by atoms with E-state index in [1.54, 1.807) is 0 Å². The maximum Gasteiger partial charge on any atom is 0.288 e. The second-order valence-electron chi connectivity index (χ2n) is 1.81. The lowest BCUT2D eigenvalue weighted by atomic mass is 10.4. The van der Waals surface area contributed by atoms with E-state index in [-0.39, 0.29) is 0 Å². The first-order valence-electron chi connectivity index (χ1n) is 2.79. The molecule has 0 aromatic carbocycles. The van der Waals surface area contributed by atoms with Gasteiger partial charge in [0.1, 0.15) is 0 Å². The fourth-order valence-corrected chi connectivity index (χ4v) is 0.419. The Balaban J connectivity index is 4.36. The Labute approximate surface area is 63.8 Å². The lowest BCUT2D eigenvalue weighted by molar-refractivity contribution is -0.138. The highest BCUT2D eigenvalue weighted by Crippen LogP contribution is 1.98. The predicted molar refractivity (Wildman–Crippen MR) is 38.2 cm³/mol. The minimum Gasteiger partial charge on any atom is -0.276 e. The van der Waals surface area contributed by atoms with Crippen LogP contribution in [0.4, 0.5) is 4.39 Å². The lowest BCUT2D eigenvalue weighted by Gasteiger charge is -2.09. The van der Waals surface area contributed by atoms with Crippen molar-refractivity contribution in [3.8, 4) is 0 Å². The van der Waals surface area contributed by atoms with Crippen molar-refractivity contribution in [2.24, 2.45) is 0 Å². The maximum absolute atomic E-state index is 12.1. The summed E-state index contributed by atoms with van der Waals surface area (Å²) in [6, 6.07) is 0. The van der Waals surface area contributed by atoms with Crippen LogP contribution >= 0.6 is 0 Å². The quantitative estimate of drug-likeness (QED) is 0.551. The fraction of sp³-hybridized carbons (Fsp3) is 0.143. The van der Waals surface area contributed by atoms with Gasteiger partial charge in [-0.1, -0.05) is 13.2 Å². The SMILES string of the molecule is C=CC(=O)N(C)C(=O)C(=C)F. The number of amides is 2. The Morgan fingerprint density at radius 2 is 2.00 bits per heavy atom. The molecule has 3 nitrogen and oxygen atoms in total. The number of hydrogen-bond acceptors (Lipinski definition) is 2. The number of nitrogens with zero attached hydrogens (tertiary/aromatic N) is 1. The Kier molecular flexibility index (Phi) is 3.17. The van der Waals surface area contributed by atoms with Gasteiger partial charge in [-0.3, -0.25) is 14.5 Å². The summed E-state index contributed by atoms with van der Waals surface area (Å²) >= 11 is 0. The molecule has 0 aromatic rings. The molecule has 0 radical (unpaired) electrons. The van der Waals surface area contributed by atoms with Crippen LogP contribution in [-0.4, -0.2) is 23.8 Å². The second kappa shape index (κ2) is 3.65. The summed E-state index contributed by atoms with van der Waals surface area (Å²) in [5, 5.41) is 0. The van der Waals surface area contributed by atoms with E-state index in [0.717, 1.165) is 13.1 Å². The normalized spacial score (nSPS) is 8.55. The number of carbonyl (C=O) groups is 2. The van der Waals surface area contributed by atoms with Crippen LogP contribution in [0.1, 0.15) is 0 Å². The van der Waals surface area contributed by atoms with Gasteiger partial charge in [0.2, 0.25) is 0 Å². The van der Waals surface area contributed by atoms with E-state index in [0.29, 0.717) is 4.90 Å². The van der Waals surface area contributed by atoms with Crippen molar-refractivity contribution in [2.75, 3.05) is 7.05 Å². The van der Waals surface area contributed by atoms with Gasteiger partial charge in [0.15, 0.2) is 5.83 Å². The number of likely N-dealkylation sites (N-methyl/N-ethyl adjacent to an activating group) is 1. The van der Waals surface area contributed by atoms with Gasteiger partial charge < -0.3 is 0 Å². The third-order valence-electron chi connectivity index (χ3n) is 1.04. The number of halogens is 1. The van der Waals surface area contributed by atoms with Gasteiger partial charge in [-0.25, -0.2) is 4.39 Å². The van der Waals surface area contributed by atoms with Gasteiger partial charge in [0.25, 0.3) is 11.8 Å². The van der Waals surface area contributed by atoms with Crippen LogP contribution in [-0.2, 0) is 9.59 Å². The van der Waals surface area contributed by atoms with E-state index < -0.39 is 17.6 Å². The van der Waals surface area contributed by atoms with Crippen molar-refractivity contribution in [1.29, 1.82) is 0 Å². The molecule has 0 N–H and O–H groups in total. The smallest absolute Gasteiger partial charge is 0.276 e. The average molecular weight is 157 g/mol. The van der Waals surface area contributed by atoms with E-state index in [2.05, 4.69) is 13.2 Å². The lowest BCUT2D eigenvalue weighted by Crippen LogP contribution is -2.31. The van der Waals surface area contributed by atoms with Crippen molar-refractivity contribution in [1.82, 2.24) is 4.90 Å². The van der Waals surface area contributed by atoms with Crippen LogP contribution in [0, 0.1) is 0 Å². The van der Waals surface area contributed by atoms with E-state index >= 15 is 0 Å². The first-order chi connectivity index (χ1) is 5.00. The molecular weight excluding hydrogens is 149 g/mol. The molecule has 0 saturated heterocycles. The molecule has 0 spiro atoms. The van der Waals surface area contributed by atoms with Crippen LogP contribution in [0.2, 0.25) is 0 Å². The number of carbonyl (C=O) groups excluding carboxylic acids is 2. The molecule has 0 bridgehead atoms. The predicted octanol–water partition coefficient (Wildman–Crippen LogP) is 0.641. The Bertz CT molecular complexity index is 222. The highest BCUT2D eigenvalue weighted by atomic mass is 19.1. The zero-order chi connectivity index (χ0) is 9.02. The van der Waals surface area contributed by atoms with Crippen LogP contribution in [0.3, 0.4) is 0 Å². The summed E-state index contributed by atoms with van der Waals surface area (Å²) in [7, 11) is 1.15. The minimum absolute atomic E-state index is 0.593. The summed E-state index contributed by atoms with van der Waals surface area (Å²) in [5.74, 6) is -2.87. The largest absolute Gasteiger partial charge is 0.288 e. The van der Waals surface area contributed by atoms with Crippen molar-refractivity contribution in [3.05, 3.63) is 25.1 Å². The molecule has 0 heterocycles. The maximum atomic E-state index is 12.1. The van der Waals surface area contributed by atoms with Gasteiger partial charge in [-0.05, 0) is 6.08 Å². The molecule has 4 heteroatoms. The molecule has 0 aliphatic heterocycles. The molecule has 0 atom stereocenters. The topological polar surface area (TPSA) is 37.4 Å². The van der Waals surface area contributed by atoms with E-state index in [1.165, 1.54) is 0 Å². The summed E-state index contributed by atoms with van der Waals surface area (Å²) in [4.78, 5) is 21.9. The summed E-state index contributed by atoms with van der Waals surface area (Å²) < 4.78 is 12.1. The molecule has 0 fully saturated rings. The molecule has 0 saturated carbocycles. The molecule has 0 rings (SSSR count). The van der Waals surface area contributed by atoms with Crippen molar-refractivity contribution in [2.45, 2.75) is 0 Å². The molecule has 0 aromatic heterocycles. The number of hydrogen-bond donors (Lipinski definition) is 0. The van der Waals surface area contributed by atoms with Crippen LogP contribution in [0.5, 0.6) is 0 Å². The summed E-state index contributed by atoms with van der Waals surface area (Å²) in [6.45, 7) is 5.88. The van der Waals surface area contributed by atoms with Crippen molar-refractivity contribution >= 4 is 11.8 Å². The van der Waals surface area contributed by atoms with Gasteiger partial charge in [-0.15, -0.1) is 0 Å². The van der Waals surface area contributed by atoms with Crippen molar-refractivity contribution in [3.63, 3.8) is 0 Å². The van der Waals surface area contributed by atoms with Crippen LogP contribution in [0.25, 0.3) is 0 Å². The van der Waals surface area contributed by atoms with Gasteiger partial charge in [0, 0.05) is 7.05 Å². The van der Waals surface area contributed by atoms with Crippen LogP contribution < -0.4 is 0 Å². The first kappa shape index (κ1) is 9.55. The minimum atomic E-state index is -1.16. The number of imide groups is 1. The fourth-order valence-electron chi connectivity index (χ4n) is 0.419. The van der Waals surface area contributed by atoms with E-state index in [9.17, 15) is 14.0 Å². The summed E-state index contributed by atoms with van der Waals surface area (Å²) in [6.07, 6.45) is 0.917. The third-order valence-corrected chi connectivity index (χ3v) is 1.04. The molecular formula is C7H8FNO2. The van der Waals surface area contributed by atoms with Gasteiger partial charge >= 0.3 is 0 Å². The standard InChI is InChI=1S/C7H8FNO2/c1-4-6(10)9(3)7(11)5(2)8/h4H,1-2H2,3H3. The highest BCUT2D eigenvalue weighted by Gasteiger charge is 2.16. The number of rotatable bonds is 2. The molecule has 60 valence electrons. The first-order valence-corrected chi connectivity index (χ1v) is 2.79. The van der Waals surface area contributed by atoms with Gasteiger partial charge in [0.05, 0.1) is 0 Å². The molecule has 0 unspecified atom stereocenters. The molecule has 11 heavy (non-hydrogen) atoms. The monoisotopic (exact) mass is 157 g/mol. The zero-order valence-corrected chi connectivity index (χ0v) is 6.13. The van der Waals surface area contributed by atoms with Crippen LogP contribution in [0.15, 0.2) is 25.1 Å². The Morgan fingerprint density at radius 1 is 1.55 bits per heavy atom. The highest BCUT2D eigenvalue weighted by molar-refractivity contribution is 6.05. The van der Waals surface area contributed by atoms with E-state index in [1.807, 2.05) is 0 Å². The van der Waals surface area contributed by atoms with E-state index in [4.69, 9.17) is 0 Å². The average Bonchev–Trinajstić information content (AvgIpc) is 2.00. The summed E-state index contributed by atoms with van der Waals surface area (Å²) in [5.41, 5.74) is 0. The Hall–Kier alpha value is -1.45. The third kappa shape index (κ3) is 2.33. The molecule has 0 aliphatic carbocycles. The van der Waals surface area contributed by atoms with Gasteiger partial charge in [-0.2, -0.15) is 0 Å². The molecule has 0 aliphatic rings. The Morgan fingerprint density at radius 3 is 2.27 bits per heavy atom.